The molecule has 1 fully saturated rings. The van der Waals surface area contributed by atoms with Crippen LogP contribution in [0.1, 0.15) is 48.4 Å². The lowest BCUT2D eigenvalue weighted by Crippen LogP contribution is -2.49. The quantitative estimate of drug-likeness (QED) is 0.0904. The molecule has 58 heavy (non-hydrogen) atoms. The van der Waals surface area contributed by atoms with Gasteiger partial charge in [-0.3, -0.25) is 19.2 Å². The second-order valence-electron chi connectivity index (χ2n) is 13.0. The number of amides is 4. The number of carbonyl (C=O) groups is 4. The third kappa shape index (κ3) is 11.4. The predicted molar refractivity (Wildman–Crippen MR) is 231 cm³/mol. The fraction of sp³-hybridized carbons (Fsp3) is 0.116. The van der Waals surface area contributed by atoms with Crippen molar-refractivity contribution in [1.82, 2.24) is 15.3 Å². The molecule has 1 aliphatic rings. The van der Waals surface area contributed by atoms with Gasteiger partial charge in [0.1, 0.15) is 11.0 Å². The van der Waals surface area contributed by atoms with E-state index in [0.29, 0.717) is 66.2 Å². The van der Waals surface area contributed by atoms with Crippen LogP contribution in [-0.4, -0.2) is 59.3 Å². The summed E-state index contributed by atoms with van der Waals surface area (Å²) in [5, 5.41) is 15.5. The zero-order valence-corrected chi connectivity index (χ0v) is 33.3. The Hall–Kier alpha value is -6.31. The number of aromatic nitrogens is 2. The highest BCUT2D eigenvalue weighted by molar-refractivity contribution is 6.34. The van der Waals surface area contributed by atoms with Crippen molar-refractivity contribution < 1.29 is 19.2 Å². The standard InChI is InChI=1S/C24H24ClN5O2.C19H13Cl2N3O2/c1-16-15-30(12-11-26-16)22-10-7-18(14-27-22)24(32)28-19-8-9-20(25)21(13-19)29-23(31)17-5-3-2-4-6-17;20-15-8-7-14(23-19(26)13-6-9-17(21)22-11-13)10-16(15)24-18(25)12-4-2-1-3-5-12/h2-10,13-14,16,26H,11-12,15H2,1H3,(H,28,32)(H,29,31);1-11H,(H,23,26)(H,24,25). The number of halogens is 3. The summed E-state index contributed by atoms with van der Waals surface area (Å²) >= 11 is 18.1. The molecule has 1 unspecified atom stereocenters. The second kappa shape index (κ2) is 19.7. The van der Waals surface area contributed by atoms with E-state index in [1.165, 1.54) is 12.3 Å². The lowest BCUT2D eigenvalue weighted by Gasteiger charge is -2.32. The van der Waals surface area contributed by atoms with Crippen LogP contribution in [-0.2, 0) is 0 Å². The van der Waals surface area contributed by atoms with Crippen LogP contribution < -0.4 is 31.5 Å². The second-order valence-corrected chi connectivity index (χ2v) is 14.2. The molecular formula is C43H37Cl3N8O4. The average molecular weight is 836 g/mol. The van der Waals surface area contributed by atoms with Crippen molar-refractivity contribution in [3.05, 3.63) is 171 Å². The topological polar surface area (TPSA) is 157 Å². The van der Waals surface area contributed by atoms with Gasteiger partial charge in [-0.25, -0.2) is 9.97 Å². The Balaban J connectivity index is 0.000000200. The third-order valence-electron chi connectivity index (χ3n) is 8.71. The molecule has 0 aliphatic carbocycles. The molecular weight excluding hydrogens is 799 g/mol. The summed E-state index contributed by atoms with van der Waals surface area (Å²) in [6, 6.07) is 34.5. The van der Waals surface area contributed by atoms with E-state index < -0.39 is 0 Å². The molecule has 6 aromatic rings. The molecule has 294 valence electrons. The predicted octanol–water partition coefficient (Wildman–Crippen LogP) is 8.93. The van der Waals surface area contributed by atoms with Crippen molar-refractivity contribution in [3.63, 3.8) is 0 Å². The molecule has 0 bridgehead atoms. The summed E-state index contributed by atoms with van der Waals surface area (Å²) in [6.45, 7) is 4.80. The summed E-state index contributed by atoms with van der Waals surface area (Å²) in [4.78, 5) is 60.2. The fourth-order valence-electron chi connectivity index (χ4n) is 5.73. The van der Waals surface area contributed by atoms with Crippen LogP contribution in [0.3, 0.4) is 0 Å². The maximum absolute atomic E-state index is 12.7. The lowest BCUT2D eigenvalue weighted by atomic mass is 10.2. The maximum Gasteiger partial charge on any atom is 0.257 e. The number of benzene rings is 4. The molecule has 3 heterocycles. The van der Waals surface area contributed by atoms with Crippen molar-refractivity contribution in [2.24, 2.45) is 0 Å². The van der Waals surface area contributed by atoms with E-state index in [0.717, 1.165) is 25.5 Å². The smallest absolute Gasteiger partial charge is 0.257 e. The van der Waals surface area contributed by atoms with Gasteiger partial charge in [-0.15, -0.1) is 0 Å². The zero-order chi connectivity index (χ0) is 41.0. The van der Waals surface area contributed by atoms with E-state index in [2.05, 4.69) is 48.4 Å². The van der Waals surface area contributed by atoms with E-state index in [1.807, 2.05) is 18.2 Å². The fourth-order valence-corrected chi connectivity index (χ4v) is 6.17. The summed E-state index contributed by atoms with van der Waals surface area (Å²) in [6.07, 6.45) is 2.96. The average Bonchev–Trinajstić information content (AvgIpc) is 3.24. The van der Waals surface area contributed by atoms with Gasteiger partial charge in [-0.2, -0.15) is 0 Å². The number of anilines is 5. The molecule has 0 saturated carbocycles. The molecule has 7 rings (SSSR count). The van der Waals surface area contributed by atoms with Crippen molar-refractivity contribution in [2.75, 3.05) is 45.8 Å². The van der Waals surface area contributed by atoms with E-state index in [1.54, 1.807) is 103 Å². The van der Waals surface area contributed by atoms with Gasteiger partial charge >= 0.3 is 0 Å². The molecule has 2 aromatic heterocycles. The van der Waals surface area contributed by atoms with Gasteiger partial charge in [-0.1, -0.05) is 71.2 Å². The van der Waals surface area contributed by atoms with E-state index >= 15 is 0 Å². The van der Waals surface area contributed by atoms with Crippen LogP contribution >= 0.6 is 34.8 Å². The van der Waals surface area contributed by atoms with E-state index in [9.17, 15) is 19.2 Å². The highest BCUT2D eigenvalue weighted by Gasteiger charge is 2.18. The maximum atomic E-state index is 12.7. The van der Waals surface area contributed by atoms with Crippen LogP contribution in [0.5, 0.6) is 0 Å². The molecule has 0 radical (unpaired) electrons. The molecule has 15 heteroatoms. The van der Waals surface area contributed by atoms with Crippen molar-refractivity contribution in [3.8, 4) is 0 Å². The molecule has 1 atom stereocenters. The number of hydrogen-bond donors (Lipinski definition) is 5. The lowest BCUT2D eigenvalue weighted by molar-refractivity contribution is 0.101. The normalized spacial score (nSPS) is 13.3. The number of hydrogen-bond acceptors (Lipinski definition) is 8. The SMILES string of the molecule is CC1CN(c2ccc(C(=O)Nc3ccc(Cl)c(NC(=O)c4ccccc4)c3)cn2)CCN1.O=C(Nc1ccc(Cl)c(NC(=O)c2ccccc2)c1)c1ccc(Cl)nc1. The number of nitrogens with one attached hydrogen (secondary N) is 5. The highest BCUT2D eigenvalue weighted by Crippen LogP contribution is 2.28. The molecule has 1 aliphatic heterocycles. The Labute approximate surface area is 350 Å². The number of pyridine rings is 2. The van der Waals surface area contributed by atoms with Crippen LogP contribution in [0.2, 0.25) is 15.2 Å². The van der Waals surface area contributed by atoms with Gasteiger partial charge in [0.05, 0.1) is 32.5 Å². The first-order valence-electron chi connectivity index (χ1n) is 18.0. The molecule has 4 amide bonds. The van der Waals surface area contributed by atoms with Crippen molar-refractivity contribution in [2.45, 2.75) is 13.0 Å². The minimum atomic E-state index is -0.350. The molecule has 4 aromatic carbocycles. The summed E-state index contributed by atoms with van der Waals surface area (Å²) in [5.41, 5.74) is 3.64. The Bertz CT molecular complexity index is 2390. The zero-order valence-electron chi connectivity index (χ0n) is 31.0. The number of rotatable bonds is 9. The number of carbonyl (C=O) groups excluding carboxylic acids is 4. The van der Waals surface area contributed by atoms with Crippen LogP contribution in [0.15, 0.2) is 134 Å². The Kier molecular flexibility index (Phi) is 14.0. The van der Waals surface area contributed by atoms with Gasteiger partial charge in [0.15, 0.2) is 0 Å². The Morgan fingerprint density at radius 3 is 1.52 bits per heavy atom. The monoisotopic (exact) mass is 834 g/mol. The summed E-state index contributed by atoms with van der Waals surface area (Å²) < 4.78 is 0. The van der Waals surface area contributed by atoms with Gasteiger partial charge in [0.2, 0.25) is 0 Å². The number of piperazine rings is 1. The minimum absolute atomic E-state index is 0.280. The van der Waals surface area contributed by atoms with E-state index in [4.69, 9.17) is 34.8 Å². The Morgan fingerprint density at radius 1 is 0.586 bits per heavy atom. The summed E-state index contributed by atoms with van der Waals surface area (Å²) in [7, 11) is 0. The van der Waals surface area contributed by atoms with Crippen LogP contribution in [0, 0.1) is 0 Å². The van der Waals surface area contributed by atoms with Crippen LogP contribution in [0.4, 0.5) is 28.6 Å². The van der Waals surface area contributed by atoms with Crippen molar-refractivity contribution >= 4 is 87.0 Å². The first kappa shape index (κ1) is 41.3. The first-order valence-corrected chi connectivity index (χ1v) is 19.2. The molecule has 12 nitrogen and oxygen atoms in total. The summed E-state index contributed by atoms with van der Waals surface area (Å²) in [5.74, 6) is -0.361. The van der Waals surface area contributed by atoms with Gasteiger partial charge < -0.3 is 31.5 Å². The Morgan fingerprint density at radius 2 is 1.07 bits per heavy atom. The molecule has 0 spiro atoms. The van der Waals surface area contributed by atoms with Crippen LogP contribution in [0.25, 0.3) is 0 Å². The molecule has 1 saturated heterocycles. The van der Waals surface area contributed by atoms with E-state index in [-0.39, 0.29) is 23.6 Å². The highest BCUT2D eigenvalue weighted by atomic mass is 35.5. The van der Waals surface area contributed by atoms with Gasteiger partial charge in [0.25, 0.3) is 23.6 Å². The molecule has 5 N–H and O–H groups in total. The largest absolute Gasteiger partial charge is 0.354 e. The minimum Gasteiger partial charge on any atom is -0.354 e. The van der Waals surface area contributed by atoms with Crippen molar-refractivity contribution in [1.29, 1.82) is 0 Å². The van der Waals surface area contributed by atoms with Gasteiger partial charge in [0, 0.05) is 60.6 Å². The third-order valence-corrected chi connectivity index (χ3v) is 9.59. The van der Waals surface area contributed by atoms with Gasteiger partial charge in [-0.05, 0) is 91.9 Å². The first-order chi connectivity index (χ1) is 28.0. The number of nitrogens with zero attached hydrogens (tertiary/aromatic N) is 3.